The number of benzene rings is 2. The molecule has 1 atom stereocenters. The Morgan fingerprint density at radius 1 is 1.00 bits per heavy atom. The van der Waals surface area contributed by atoms with E-state index in [1.165, 1.54) is 10.6 Å². The van der Waals surface area contributed by atoms with Crippen molar-refractivity contribution in [2.24, 2.45) is 0 Å². The van der Waals surface area contributed by atoms with Gasteiger partial charge in [-0.05, 0) is 75.8 Å². The third-order valence-electron chi connectivity index (χ3n) is 6.61. The van der Waals surface area contributed by atoms with Crippen LogP contribution in [0.2, 0.25) is 0 Å². The predicted molar refractivity (Wildman–Crippen MR) is 143 cm³/mol. The van der Waals surface area contributed by atoms with E-state index in [2.05, 4.69) is 53.4 Å². The van der Waals surface area contributed by atoms with Gasteiger partial charge in [0.2, 0.25) is 5.95 Å². The van der Waals surface area contributed by atoms with Crippen molar-refractivity contribution < 1.29 is 4.74 Å². The number of thiazole rings is 1. The lowest BCUT2D eigenvalue weighted by Crippen LogP contribution is -2.29. The third kappa shape index (κ3) is 5.36. The fraction of sp³-hybridized carbons (Fsp3) is 0.321. The van der Waals surface area contributed by atoms with E-state index in [0.29, 0.717) is 11.9 Å². The van der Waals surface area contributed by atoms with Gasteiger partial charge in [0.15, 0.2) is 0 Å². The minimum atomic E-state index is 0.101. The number of nitrogens with one attached hydrogen (secondary N) is 1. The van der Waals surface area contributed by atoms with Crippen LogP contribution in [0.5, 0.6) is 5.75 Å². The summed E-state index contributed by atoms with van der Waals surface area (Å²) in [6.45, 7) is 4.34. The van der Waals surface area contributed by atoms with E-state index >= 15 is 0 Å². The molecule has 1 aliphatic rings. The Balaban J connectivity index is 1.49. The third-order valence-corrected chi connectivity index (χ3v) is 7.85. The molecule has 2 aromatic heterocycles. The van der Waals surface area contributed by atoms with Crippen molar-refractivity contribution in [3.8, 4) is 27.6 Å². The van der Waals surface area contributed by atoms with Crippen molar-refractivity contribution in [3.05, 3.63) is 77.4 Å². The number of aromatic nitrogens is 3. The molecule has 1 aliphatic heterocycles. The summed E-state index contributed by atoms with van der Waals surface area (Å²) in [6.07, 6.45) is 4.10. The number of hydrogen-bond acceptors (Lipinski definition) is 7. The van der Waals surface area contributed by atoms with Crippen LogP contribution in [0.4, 0.5) is 5.95 Å². The molecule has 0 radical (unpaired) electrons. The topological polar surface area (TPSA) is 63.2 Å². The van der Waals surface area contributed by atoms with Crippen LogP contribution < -0.4 is 10.1 Å². The van der Waals surface area contributed by atoms with Gasteiger partial charge in [-0.1, -0.05) is 30.3 Å². The van der Waals surface area contributed by atoms with Crippen LogP contribution in [0.15, 0.2) is 66.9 Å². The first-order valence-corrected chi connectivity index (χ1v) is 12.9. The second kappa shape index (κ2) is 10.5. The summed E-state index contributed by atoms with van der Waals surface area (Å²) >= 11 is 1.77. The lowest BCUT2D eigenvalue weighted by Gasteiger charge is -2.27. The molecule has 1 N–H and O–H groups in total. The average Bonchev–Trinajstić information content (AvgIpc) is 3.35. The van der Waals surface area contributed by atoms with Crippen LogP contribution in [-0.4, -0.2) is 47.1 Å². The Morgan fingerprint density at radius 3 is 2.46 bits per heavy atom. The van der Waals surface area contributed by atoms with Crippen molar-refractivity contribution in [3.63, 3.8) is 0 Å². The molecule has 4 aromatic rings. The molecular weight excluding hydrogens is 454 g/mol. The maximum Gasteiger partial charge on any atom is 0.223 e. The first-order chi connectivity index (χ1) is 17.1. The quantitative estimate of drug-likeness (QED) is 0.333. The van der Waals surface area contributed by atoms with E-state index < -0.39 is 0 Å². The first-order valence-electron chi connectivity index (χ1n) is 12.1. The van der Waals surface area contributed by atoms with Crippen LogP contribution in [-0.2, 0) is 0 Å². The summed E-state index contributed by atoms with van der Waals surface area (Å²) in [5.41, 5.74) is 4.14. The van der Waals surface area contributed by atoms with E-state index in [0.717, 1.165) is 53.5 Å². The summed E-state index contributed by atoms with van der Waals surface area (Å²) in [5.74, 6) is 1.94. The SMILES string of the molecule is COc1ccc(-c2nc(C3CCN(C)CC3)sc2-c2ccnc(NC(C)c3ccccc3)n2)cc1. The Morgan fingerprint density at radius 2 is 1.74 bits per heavy atom. The zero-order valence-electron chi connectivity index (χ0n) is 20.4. The van der Waals surface area contributed by atoms with Gasteiger partial charge in [0.25, 0.3) is 0 Å². The largest absolute Gasteiger partial charge is 0.497 e. The van der Waals surface area contributed by atoms with Crippen molar-refractivity contribution >= 4 is 17.3 Å². The molecular formula is C28H31N5OS. The molecule has 0 saturated carbocycles. The Labute approximate surface area is 211 Å². The summed E-state index contributed by atoms with van der Waals surface area (Å²) < 4.78 is 5.37. The zero-order chi connectivity index (χ0) is 24.2. The van der Waals surface area contributed by atoms with E-state index in [-0.39, 0.29) is 6.04 Å². The van der Waals surface area contributed by atoms with Gasteiger partial charge in [-0.15, -0.1) is 11.3 Å². The number of methoxy groups -OCH3 is 1. The van der Waals surface area contributed by atoms with Gasteiger partial charge in [0.1, 0.15) is 5.75 Å². The summed E-state index contributed by atoms with van der Waals surface area (Å²) in [6, 6.07) is 20.6. The molecule has 35 heavy (non-hydrogen) atoms. The molecule has 3 heterocycles. The van der Waals surface area contributed by atoms with Gasteiger partial charge in [-0.2, -0.15) is 0 Å². The molecule has 0 bridgehead atoms. The number of likely N-dealkylation sites (tertiary alicyclic amines) is 1. The maximum absolute atomic E-state index is 5.37. The number of piperidine rings is 1. The molecule has 0 aliphatic carbocycles. The first kappa shape index (κ1) is 23.5. The molecule has 2 aromatic carbocycles. The van der Waals surface area contributed by atoms with Gasteiger partial charge in [-0.25, -0.2) is 15.0 Å². The monoisotopic (exact) mass is 485 g/mol. The Bertz CT molecular complexity index is 1250. The normalized spacial score (nSPS) is 15.6. The van der Waals surface area contributed by atoms with E-state index in [1.54, 1.807) is 18.4 Å². The fourth-order valence-corrected chi connectivity index (χ4v) is 5.69. The zero-order valence-corrected chi connectivity index (χ0v) is 21.3. The van der Waals surface area contributed by atoms with Crippen LogP contribution in [0.3, 0.4) is 0 Å². The lowest BCUT2D eigenvalue weighted by atomic mass is 9.98. The highest BCUT2D eigenvalue weighted by Crippen LogP contribution is 2.41. The second-order valence-corrected chi connectivity index (χ2v) is 10.1. The maximum atomic E-state index is 5.37. The van der Waals surface area contributed by atoms with Gasteiger partial charge in [0, 0.05) is 17.7 Å². The molecule has 7 heteroatoms. The lowest BCUT2D eigenvalue weighted by molar-refractivity contribution is 0.255. The molecule has 1 saturated heterocycles. The van der Waals surface area contributed by atoms with E-state index in [4.69, 9.17) is 14.7 Å². The average molecular weight is 486 g/mol. The predicted octanol–water partition coefficient (Wildman–Crippen LogP) is 6.26. The molecule has 1 unspecified atom stereocenters. The molecule has 180 valence electrons. The van der Waals surface area contributed by atoms with E-state index in [9.17, 15) is 0 Å². The smallest absolute Gasteiger partial charge is 0.223 e. The molecule has 5 rings (SSSR count). The van der Waals surface area contributed by atoms with Crippen molar-refractivity contribution in [2.45, 2.75) is 31.7 Å². The van der Waals surface area contributed by atoms with Crippen molar-refractivity contribution in [1.82, 2.24) is 19.9 Å². The number of hydrogen-bond donors (Lipinski definition) is 1. The molecule has 1 fully saturated rings. The minimum Gasteiger partial charge on any atom is -0.497 e. The van der Waals surface area contributed by atoms with Crippen molar-refractivity contribution in [1.29, 1.82) is 0 Å². The van der Waals surface area contributed by atoms with Crippen LogP contribution in [0.25, 0.3) is 21.8 Å². The Hall–Kier alpha value is -3.29. The van der Waals surface area contributed by atoms with Crippen LogP contribution in [0, 0.1) is 0 Å². The highest BCUT2D eigenvalue weighted by Gasteiger charge is 2.25. The van der Waals surface area contributed by atoms with Gasteiger partial charge >= 0.3 is 0 Å². The highest BCUT2D eigenvalue weighted by atomic mass is 32.1. The highest BCUT2D eigenvalue weighted by molar-refractivity contribution is 7.15. The number of rotatable bonds is 7. The standard InChI is InChI=1S/C28H31N5OS/c1-19(20-7-5-4-6-8-20)30-28-29-16-13-24(31-28)26-25(21-9-11-23(34-3)12-10-21)32-27(35-26)22-14-17-33(2)18-15-22/h4-13,16,19,22H,14-15,17-18H2,1-3H3,(H,29,30,31). The summed E-state index contributed by atoms with van der Waals surface area (Å²) in [5, 5.41) is 4.66. The Kier molecular flexibility index (Phi) is 7.06. The molecule has 6 nitrogen and oxygen atoms in total. The number of anilines is 1. The number of nitrogens with zero attached hydrogens (tertiary/aromatic N) is 4. The summed E-state index contributed by atoms with van der Waals surface area (Å²) in [4.78, 5) is 18.1. The minimum absolute atomic E-state index is 0.101. The molecule has 0 amide bonds. The van der Waals surface area contributed by atoms with Gasteiger partial charge in [0.05, 0.1) is 34.4 Å². The van der Waals surface area contributed by atoms with Crippen LogP contribution >= 0.6 is 11.3 Å². The van der Waals surface area contributed by atoms with Gasteiger partial charge in [-0.3, -0.25) is 0 Å². The second-order valence-electron chi connectivity index (χ2n) is 9.08. The number of ether oxygens (including phenoxy) is 1. The van der Waals surface area contributed by atoms with Gasteiger partial charge < -0.3 is 15.0 Å². The fourth-order valence-electron chi connectivity index (χ4n) is 4.46. The summed E-state index contributed by atoms with van der Waals surface area (Å²) in [7, 11) is 3.88. The van der Waals surface area contributed by atoms with Crippen LogP contribution in [0.1, 0.15) is 42.3 Å². The molecule has 0 spiro atoms. The van der Waals surface area contributed by atoms with E-state index in [1.807, 2.05) is 42.6 Å². The van der Waals surface area contributed by atoms with Crippen molar-refractivity contribution in [2.75, 3.05) is 32.6 Å².